The van der Waals surface area contributed by atoms with Gasteiger partial charge in [-0.3, -0.25) is 14.3 Å². The number of phosphoric acid groups is 3. The van der Waals surface area contributed by atoms with Crippen molar-refractivity contribution in [1.82, 2.24) is 9.97 Å². The molecule has 1 fully saturated rings. The number of thioether (sulfide) groups is 1. The number of aliphatic hydroxyl groups is 2. The molecule has 1 aromatic heterocycles. The molecule has 6 atom stereocenters. The summed E-state index contributed by atoms with van der Waals surface area (Å²) in [5.74, 6) is 0. The van der Waals surface area contributed by atoms with Crippen LogP contribution in [0.3, 0.4) is 0 Å². The molecule has 2 unspecified atom stereocenters. The van der Waals surface area contributed by atoms with Crippen LogP contribution in [-0.4, -0.2) is 93.4 Å². The summed E-state index contributed by atoms with van der Waals surface area (Å²) in [5.41, 5.74) is -1.76. The van der Waals surface area contributed by atoms with E-state index in [1.54, 1.807) is 0 Å². The molecule has 21 heteroatoms. The fraction of sp³-hybridized carbons (Fsp3) is 0.556. The van der Waals surface area contributed by atoms with E-state index in [1.807, 2.05) is 4.98 Å². The van der Waals surface area contributed by atoms with E-state index in [0.717, 1.165) is 18.0 Å². The van der Waals surface area contributed by atoms with E-state index in [1.165, 1.54) is 0 Å². The minimum absolute atomic E-state index is 0. The zero-order chi connectivity index (χ0) is 22.2. The van der Waals surface area contributed by atoms with Gasteiger partial charge in [0.25, 0.3) is 5.56 Å². The normalized spacial score (nSPS) is 28.3. The molecular weight excluding hydrogens is 508 g/mol. The number of aromatic nitrogens is 2. The molecule has 1 aliphatic rings. The van der Waals surface area contributed by atoms with Crippen LogP contribution in [-0.2, 0) is 26.8 Å². The Hall–Kier alpha value is 0.360. The zero-order valence-corrected chi connectivity index (χ0v) is 17.3. The number of hydrogen-bond donors (Lipinski definition) is 8. The Bertz CT molecular complexity index is 1010. The van der Waals surface area contributed by atoms with E-state index in [9.17, 15) is 38.4 Å². The van der Waals surface area contributed by atoms with Gasteiger partial charge in [0.1, 0.15) is 0 Å². The van der Waals surface area contributed by atoms with Crippen molar-refractivity contribution in [3.8, 4) is 0 Å². The van der Waals surface area contributed by atoms with Crippen molar-refractivity contribution in [2.24, 2.45) is 0 Å². The Kier molecular flexibility index (Phi) is 9.96. The number of nitrogens with one attached hydrogen (secondary N) is 2. The fourth-order valence-electron chi connectivity index (χ4n) is 2.25. The van der Waals surface area contributed by atoms with Crippen LogP contribution in [0, 0.1) is 0 Å². The molecule has 30 heavy (non-hydrogen) atoms. The first-order chi connectivity index (χ1) is 13.1. The molecule has 0 spiro atoms. The van der Waals surface area contributed by atoms with Crippen LogP contribution in [0.5, 0.6) is 0 Å². The monoisotopic (exact) mass is 524 g/mol. The molecule has 0 aromatic carbocycles. The van der Waals surface area contributed by atoms with Crippen LogP contribution < -0.4 is 11.2 Å². The van der Waals surface area contributed by atoms with Crippen LogP contribution in [0.2, 0.25) is 0 Å². The molecule has 1 aliphatic heterocycles. The Morgan fingerprint density at radius 1 is 1.00 bits per heavy atom. The summed E-state index contributed by atoms with van der Waals surface area (Å²) in [5, 5.41) is 17.9. The van der Waals surface area contributed by atoms with Crippen molar-refractivity contribution >= 4 is 64.8 Å². The average Bonchev–Trinajstić information content (AvgIpc) is 2.78. The van der Waals surface area contributed by atoms with Crippen molar-refractivity contribution in [2.75, 3.05) is 6.61 Å². The van der Waals surface area contributed by atoms with E-state index in [-0.39, 0.29) is 35.1 Å². The zero-order valence-electron chi connectivity index (χ0n) is 13.8. The quantitative estimate of drug-likeness (QED) is 0.131. The van der Waals surface area contributed by atoms with E-state index in [2.05, 4.69) is 18.1 Å². The number of hydrogen-bond acceptors (Lipinski definition) is 11. The molecule has 168 valence electrons. The molecule has 0 amide bonds. The van der Waals surface area contributed by atoms with Gasteiger partial charge in [-0.1, -0.05) is 0 Å². The third kappa shape index (κ3) is 8.05. The van der Waals surface area contributed by atoms with Gasteiger partial charge in [0.15, 0.2) is 0 Å². The molecule has 0 radical (unpaired) electrons. The first-order valence-corrected chi connectivity index (χ1v) is 12.7. The van der Waals surface area contributed by atoms with E-state index < -0.39 is 64.0 Å². The Morgan fingerprint density at radius 2 is 1.60 bits per heavy atom. The van der Waals surface area contributed by atoms with E-state index in [4.69, 9.17) is 14.7 Å². The van der Waals surface area contributed by atoms with Gasteiger partial charge < -0.3 is 34.8 Å². The number of H-pyrrole nitrogens is 2. The topological polar surface area (TPSA) is 266 Å². The average molecular weight is 524 g/mol. The molecule has 16 nitrogen and oxygen atoms in total. The third-order valence-corrected chi connectivity index (χ3v) is 8.73. The van der Waals surface area contributed by atoms with E-state index in [0.29, 0.717) is 0 Å². The fourth-order valence-corrected chi connectivity index (χ4v) is 6.88. The van der Waals surface area contributed by atoms with Crippen LogP contribution >= 0.6 is 35.2 Å². The molecule has 2 rings (SSSR count). The molecule has 2 heterocycles. The summed E-state index contributed by atoms with van der Waals surface area (Å²) < 4.78 is 45.0. The van der Waals surface area contributed by atoms with Crippen molar-refractivity contribution in [3.05, 3.63) is 32.6 Å². The predicted molar refractivity (Wildman–Crippen MR) is 101 cm³/mol. The predicted octanol–water partition coefficient (Wildman–Crippen LogP) is -2.36. The maximum atomic E-state index is 11.8. The summed E-state index contributed by atoms with van der Waals surface area (Å²) in [6, 6.07) is 0. The first-order valence-electron chi connectivity index (χ1n) is 7.22. The van der Waals surface area contributed by atoms with Gasteiger partial charge in [-0.25, -0.2) is 18.5 Å². The molecule has 0 bridgehead atoms. The van der Waals surface area contributed by atoms with E-state index >= 15 is 0 Å². The number of phosphoric ester groups is 1. The molecule has 1 aromatic rings. The summed E-state index contributed by atoms with van der Waals surface area (Å²) in [6.45, 7) is -0.857. The van der Waals surface area contributed by atoms with Crippen LogP contribution in [0.15, 0.2) is 15.8 Å². The molecule has 0 saturated carbocycles. The van der Waals surface area contributed by atoms with Crippen LogP contribution in [0.1, 0.15) is 10.8 Å². The second-order valence-corrected chi connectivity index (χ2v) is 11.3. The molecular formula is C9H16N2NaO14P3S. The second-order valence-electron chi connectivity index (χ2n) is 5.49. The maximum absolute atomic E-state index is 11.8. The Balaban J connectivity index is 0.00000450. The van der Waals surface area contributed by atoms with Gasteiger partial charge in [0.2, 0.25) is 0 Å². The second kappa shape index (κ2) is 10.5. The van der Waals surface area contributed by atoms with Gasteiger partial charge in [-0.2, -0.15) is 8.62 Å². The van der Waals surface area contributed by atoms with Crippen molar-refractivity contribution < 1.29 is 56.6 Å². The number of aliphatic hydroxyl groups excluding tert-OH is 2. The molecule has 1 saturated heterocycles. The number of aromatic amines is 2. The summed E-state index contributed by atoms with van der Waals surface area (Å²) in [6.07, 6.45) is -2.13. The van der Waals surface area contributed by atoms with Gasteiger partial charge in [-0.05, 0) is 0 Å². The van der Waals surface area contributed by atoms with Crippen molar-refractivity contribution in [1.29, 1.82) is 0 Å². The molecule has 8 N–H and O–H groups in total. The molecule has 0 aliphatic carbocycles. The van der Waals surface area contributed by atoms with Crippen LogP contribution in [0.4, 0.5) is 0 Å². The first kappa shape index (κ1) is 28.4. The van der Waals surface area contributed by atoms with Crippen molar-refractivity contribution in [2.45, 2.75) is 22.7 Å². The summed E-state index contributed by atoms with van der Waals surface area (Å²) in [7, 11) is -16.6. The SMILES string of the molecule is O=c1[nH]cc([C@@H]2S[C@H](COP(=O)(O)OP(=O)(O)OP(=O)(O)O)[C@@H](O)[C@H]2O)c(=O)[nH]1.[NaH]. The van der Waals surface area contributed by atoms with Gasteiger partial charge in [0, 0.05) is 11.8 Å². The van der Waals surface area contributed by atoms with Crippen molar-refractivity contribution in [3.63, 3.8) is 0 Å². The third-order valence-electron chi connectivity index (χ3n) is 3.33. The summed E-state index contributed by atoms with van der Waals surface area (Å²) >= 11 is 0.727. The van der Waals surface area contributed by atoms with Gasteiger partial charge >= 0.3 is 58.7 Å². The van der Waals surface area contributed by atoms with Gasteiger partial charge in [-0.15, -0.1) is 11.8 Å². The minimum atomic E-state index is -5.69. The standard InChI is InChI=1S/C9H15N2O14P3S.Na.H/c12-5-4(2-23-27(19,20)25-28(21,22)24-26(16,17)18)29-7(6(5)13)3-1-10-9(15)11-8(3)14;;/h1,4-7,12-13H,2H2,(H,19,20)(H,21,22)(H2,16,17,18)(H2,10,11,14,15);;/t4-,5-,6-,7+;;/m1../s1. The number of rotatable bonds is 8. The Labute approximate surface area is 192 Å². The summed E-state index contributed by atoms with van der Waals surface area (Å²) in [4.78, 5) is 62.3. The Morgan fingerprint density at radius 3 is 2.13 bits per heavy atom. The van der Waals surface area contributed by atoms with Gasteiger partial charge in [0.05, 0.1) is 29.3 Å². The van der Waals surface area contributed by atoms with Crippen LogP contribution in [0.25, 0.3) is 0 Å².